The Hall–Kier alpha value is -2.07. The van der Waals surface area contributed by atoms with Crippen molar-refractivity contribution >= 4 is 23.0 Å². The summed E-state index contributed by atoms with van der Waals surface area (Å²) in [7, 11) is 1.67. The van der Waals surface area contributed by atoms with Crippen LogP contribution in [0.4, 0.5) is 5.69 Å². The number of ether oxygens (including phenoxy) is 1. The first kappa shape index (κ1) is 15.3. The molecule has 4 heteroatoms. The molecule has 0 aromatic heterocycles. The molecule has 0 saturated heterocycles. The zero-order valence-electron chi connectivity index (χ0n) is 12.3. The van der Waals surface area contributed by atoms with Gasteiger partial charge in [0.25, 0.3) is 0 Å². The molecule has 1 atom stereocenters. The van der Waals surface area contributed by atoms with Gasteiger partial charge < -0.3 is 15.4 Å². The third-order valence-corrected chi connectivity index (χ3v) is 3.48. The molecule has 0 fully saturated rings. The molecule has 0 bridgehead atoms. The van der Waals surface area contributed by atoms with E-state index in [4.69, 9.17) is 17.0 Å². The number of thiocarbonyl (C=S) groups is 1. The Morgan fingerprint density at radius 1 is 1.10 bits per heavy atom. The van der Waals surface area contributed by atoms with Gasteiger partial charge in [-0.3, -0.25) is 0 Å². The predicted molar refractivity (Wildman–Crippen MR) is 91.8 cm³/mol. The van der Waals surface area contributed by atoms with Gasteiger partial charge in [0.15, 0.2) is 5.11 Å². The summed E-state index contributed by atoms with van der Waals surface area (Å²) in [6, 6.07) is 18.1. The largest absolute Gasteiger partial charge is 0.497 e. The average molecular weight is 300 g/mol. The number of para-hydroxylation sites is 1. The number of rotatable bonds is 5. The van der Waals surface area contributed by atoms with Crippen LogP contribution in [0.5, 0.6) is 5.75 Å². The van der Waals surface area contributed by atoms with Crippen molar-refractivity contribution in [3.8, 4) is 5.75 Å². The van der Waals surface area contributed by atoms with Gasteiger partial charge in [0, 0.05) is 5.69 Å². The summed E-state index contributed by atoms with van der Waals surface area (Å²) in [4.78, 5) is 0. The number of methoxy groups -OCH3 is 1. The summed E-state index contributed by atoms with van der Waals surface area (Å²) in [5, 5.41) is 7.17. The lowest BCUT2D eigenvalue weighted by Crippen LogP contribution is -2.32. The Labute approximate surface area is 131 Å². The highest BCUT2D eigenvalue weighted by atomic mass is 32.1. The molecule has 2 rings (SSSR count). The average Bonchev–Trinajstić information content (AvgIpc) is 2.53. The van der Waals surface area contributed by atoms with Gasteiger partial charge in [-0.05, 0) is 48.5 Å². The summed E-state index contributed by atoms with van der Waals surface area (Å²) < 4.78 is 5.18. The minimum absolute atomic E-state index is 0.180. The predicted octanol–water partition coefficient (Wildman–Crippen LogP) is 4.13. The van der Waals surface area contributed by atoms with Crippen molar-refractivity contribution in [3.63, 3.8) is 0 Å². The maximum absolute atomic E-state index is 5.38. The summed E-state index contributed by atoms with van der Waals surface area (Å²) in [6.45, 7) is 2.13. The SMILES string of the molecule is CC[C@H](NC(=S)Nc1ccccc1)c1ccc(OC)cc1. The lowest BCUT2D eigenvalue weighted by atomic mass is 10.0. The van der Waals surface area contributed by atoms with Crippen LogP contribution >= 0.6 is 12.2 Å². The number of nitrogens with one attached hydrogen (secondary N) is 2. The van der Waals surface area contributed by atoms with E-state index in [1.165, 1.54) is 5.56 Å². The highest BCUT2D eigenvalue weighted by molar-refractivity contribution is 7.80. The standard InChI is InChI=1S/C17H20N2OS/c1-3-16(13-9-11-15(20-2)12-10-13)19-17(21)18-14-7-5-4-6-8-14/h4-12,16H,3H2,1-2H3,(H2,18,19,21)/t16-/m0/s1. The monoisotopic (exact) mass is 300 g/mol. The number of anilines is 1. The van der Waals surface area contributed by atoms with Crippen molar-refractivity contribution in [3.05, 3.63) is 60.2 Å². The Kier molecular flexibility index (Phi) is 5.58. The Balaban J connectivity index is 1.99. The number of hydrogen-bond acceptors (Lipinski definition) is 2. The molecule has 0 aliphatic rings. The van der Waals surface area contributed by atoms with Crippen molar-refractivity contribution in [1.29, 1.82) is 0 Å². The second kappa shape index (κ2) is 7.64. The highest BCUT2D eigenvalue weighted by Crippen LogP contribution is 2.20. The molecule has 0 radical (unpaired) electrons. The smallest absolute Gasteiger partial charge is 0.171 e. The molecule has 3 nitrogen and oxygen atoms in total. The van der Waals surface area contributed by atoms with Crippen molar-refractivity contribution in [2.75, 3.05) is 12.4 Å². The Morgan fingerprint density at radius 2 is 1.76 bits per heavy atom. The zero-order valence-corrected chi connectivity index (χ0v) is 13.1. The van der Waals surface area contributed by atoms with Gasteiger partial charge in [0.1, 0.15) is 5.75 Å². The van der Waals surface area contributed by atoms with Crippen LogP contribution in [-0.2, 0) is 0 Å². The summed E-state index contributed by atoms with van der Waals surface area (Å²) in [5.41, 5.74) is 2.18. The second-order valence-electron chi connectivity index (χ2n) is 4.70. The fourth-order valence-electron chi connectivity index (χ4n) is 2.10. The van der Waals surface area contributed by atoms with E-state index in [-0.39, 0.29) is 6.04 Å². The van der Waals surface area contributed by atoms with Gasteiger partial charge in [-0.2, -0.15) is 0 Å². The second-order valence-corrected chi connectivity index (χ2v) is 5.11. The van der Waals surface area contributed by atoms with Gasteiger partial charge in [-0.15, -0.1) is 0 Å². The van der Waals surface area contributed by atoms with E-state index in [1.807, 2.05) is 42.5 Å². The van der Waals surface area contributed by atoms with Crippen LogP contribution in [0.2, 0.25) is 0 Å². The molecular weight excluding hydrogens is 280 g/mol. The summed E-state index contributed by atoms with van der Waals surface area (Å²) >= 11 is 5.38. The van der Waals surface area contributed by atoms with Crippen LogP contribution in [0, 0.1) is 0 Å². The van der Waals surface area contributed by atoms with Gasteiger partial charge in [0.2, 0.25) is 0 Å². The first-order valence-electron chi connectivity index (χ1n) is 6.99. The zero-order chi connectivity index (χ0) is 15.1. The topological polar surface area (TPSA) is 33.3 Å². The molecule has 0 spiro atoms. The molecular formula is C17H20N2OS. The van der Waals surface area contributed by atoms with Crippen molar-refractivity contribution in [1.82, 2.24) is 5.32 Å². The first-order chi connectivity index (χ1) is 10.2. The molecule has 0 unspecified atom stereocenters. The lowest BCUT2D eigenvalue weighted by molar-refractivity contribution is 0.414. The molecule has 110 valence electrons. The molecule has 2 aromatic rings. The number of benzene rings is 2. The van der Waals surface area contributed by atoms with Crippen LogP contribution in [0.15, 0.2) is 54.6 Å². The van der Waals surface area contributed by atoms with Crippen LogP contribution < -0.4 is 15.4 Å². The third kappa shape index (κ3) is 4.46. The lowest BCUT2D eigenvalue weighted by Gasteiger charge is -2.20. The molecule has 0 amide bonds. The van der Waals surface area contributed by atoms with Crippen LogP contribution in [0.1, 0.15) is 24.9 Å². The fraction of sp³-hybridized carbons (Fsp3) is 0.235. The highest BCUT2D eigenvalue weighted by Gasteiger charge is 2.10. The Morgan fingerprint density at radius 3 is 2.33 bits per heavy atom. The van der Waals surface area contributed by atoms with Gasteiger partial charge >= 0.3 is 0 Å². The van der Waals surface area contributed by atoms with E-state index < -0.39 is 0 Å². The van der Waals surface area contributed by atoms with Crippen LogP contribution in [0.3, 0.4) is 0 Å². The minimum atomic E-state index is 0.180. The van der Waals surface area contributed by atoms with E-state index in [0.29, 0.717) is 5.11 Å². The van der Waals surface area contributed by atoms with Crippen molar-refractivity contribution in [2.24, 2.45) is 0 Å². The third-order valence-electron chi connectivity index (χ3n) is 3.26. The first-order valence-corrected chi connectivity index (χ1v) is 7.40. The quantitative estimate of drug-likeness (QED) is 0.813. The van der Waals surface area contributed by atoms with Crippen molar-refractivity contribution in [2.45, 2.75) is 19.4 Å². The van der Waals surface area contributed by atoms with Crippen LogP contribution in [-0.4, -0.2) is 12.2 Å². The molecule has 2 N–H and O–H groups in total. The molecule has 0 heterocycles. The normalized spacial score (nSPS) is 11.5. The fourth-order valence-corrected chi connectivity index (χ4v) is 2.36. The van der Waals surface area contributed by atoms with E-state index in [9.17, 15) is 0 Å². The Bertz CT molecular complexity index is 569. The molecule has 21 heavy (non-hydrogen) atoms. The number of hydrogen-bond donors (Lipinski definition) is 2. The summed E-state index contributed by atoms with van der Waals surface area (Å²) in [6.07, 6.45) is 0.947. The van der Waals surface area contributed by atoms with E-state index in [0.717, 1.165) is 17.9 Å². The van der Waals surface area contributed by atoms with Crippen molar-refractivity contribution < 1.29 is 4.74 Å². The molecule has 0 saturated carbocycles. The summed E-state index contributed by atoms with van der Waals surface area (Å²) in [5.74, 6) is 0.860. The van der Waals surface area contributed by atoms with Gasteiger partial charge in [-0.1, -0.05) is 37.3 Å². The minimum Gasteiger partial charge on any atom is -0.497 e. The van der Waals surface area contributed by atoms with E-state index in [2.05, 4.69) is 29.7 Å². The van der Waals surface area contributed by atoms with Gasteiger partial charge in [-0.25, -0.2) is 0 Å². The van der Waals surface area contributed by atoms with Crippen LogP contribution in [0.25, 0.3) is 0 Å². The maximum Gasteiger partial charge on any atom is 0.171 e. The molecule has 2 aromatic carbocycles. The van der Waals surface area contributed by atoms with Gasteiger partial charge in [0.05, 0.1) is 13.2 Å². The van der Waals surface area contributed by atoms with E-state index >= 15 is 0 Å². The molecule has 0 aliphatic heterocycles. The maximum atomic E-state index is 5.38. The molecule has 0 aliphatic carbocycles. The van der Waals surface area contributed by atoms with E-state index in [1.54, 1.807) is 7.11 Å².